The Hall–Kier alpha value is -7.26. The van der Waals surface area contributed by atoms with Gasteiger partial charge in [0.25, 0.3) is 5.91 Å². The van der Waals surface area contributed by atoms with E-state index in [1.165, 1.54) is 6.07 Å². The van der Waals surface area contributed by atoms with Crippen LogP contribution in [0.3, 0.4) is 0 Å². The van der Waals surface area contributed by atoms with Crippen LogP contribution >= 0.6 is 0 Å². The number of esters is 1. The predicted octanol–water partition coefficient (Wildman–Crippen LogP) is 4.95. The molecule has 25 heteroatoms. The van der Waals surface area contributed by atoms with E-state index in [-0.39, 0.29) is 88.7 Å². The number of aliphatic hydroxyl groups excluding tert-OH is 3. The average Bonchev–Trinajstić information content (AvgIpc) is 3.68. The van der Waals surface area contributed by atoms with Crippen molar-refractivity contribution in [3.05, 3.63) is 125 Å². The van der Waals surface area contributed by atoms with E-state index < -0.39 is 95.7 Å². The standard InChI is InChI=1S/C57H65F5N4O16/c58-45-46(59)48(61)53(49(62)47(45)60)81-44(70)21-27-78-29-31-79-30-28-77-26-20-42(68)63-22-17-43(69)64-40-32-37(14-16-41(40)80-57-52(73)50(71)51(72)54(82-57)56(75)76)34-65-23-7-9-36(33-65)13-15-39(67)12-6-1-3-8-35-18-24-66(25-19-35)55(74)38-10-4-2-5-11-38/h2,4-5,7,9-11,13-16,23,32-33,35,50-52,54,57,71-73H,1,3,6,8,12,17-22,24-31,34H2,(H2-,63,64,68,69,75,76)/p+1/b15-13+/t50-,51-,52+,54-,57+/m0/s1. The first-order valence-corrected chi connectivity index (χ1v) is 26.7. The quantitative estimate of drug-likeness (QED) is 0.00569. The molecule has 1 aromatic heterocycles. The van der Waals surface area contributed by atoms with E-state index in [4.69, 9.17) is 23.7 Å². The number of hydrogen-bond donors (Lipinski definition) is 6. The number of carboxylic acid groups (broad SMARTS) is 1. The van der Waals surface area contributed by atoms with Crippen LogP contribution in [0.4, 0.5) is 27.6 Å². The van der Waals surface area contributed by atoms with Gasteiger partial charge in [0.15, 0.2) is 30.8 Å². The minimum atomic E-state index is -2.40. The smallest absolute Gasteiger partial charge is 0.335 e. The van der Waals surface area contributed by atoms with Crippen LogP contribution in [0.15, 0.2) is 79.1 Å². The number of aliphatic hydroxyl groups is 3. The summed E-state index contributed by atoms with van der Waals surface area (Å²) in [7, 11) is 0. The van der Waals surface area contributed by atoms with Crippen LogP contribution in [-0.4, -0.2) is 151 Å². The van der Waals surface area contributed by atoms with E-state index in [9.17, 15) is 71.1 Å². The third-order valence-corrected chi connectivity index (χ3v) is 13.3. The van der Waals surface area contributed by atoms with Crippen molar-refractivity contribution < 1.29 is 104 Å². The number of carboxylic acids is 1. The first kappa shape index (κ1) is 63.9. The minimum Gasteiger partial charge on any atom is -0.479 e. The Bertz CT molecular complexity index is 2810. The zero-order chi connectivity index (χ0) is 59.1. The molecule has 2 aliphatic rings. The summed E-state index contributed by atoms with van der Waals surface area (Å²) in [6.07, 6.45) is 2.55. The highest BCUT2D eigenvalue weighted by molar-refractivity contribution is 5.95. The van der Waals surface area contributed by atoms with Crippen LogP contribution in [0.1, 0.15) is 85.7 Å². The van der Waals surface area contributed by atoms with Gasteiger partial charge in [0.2, 0.25) is 52.9 Å². The number of nitrogens with zero attached hydrogens (tertiary/aromatic N) is 2. The molecule has 0 unspecified atom stereocenters. The van der Waals surface area contributed by atoms with Crippen LogP contribution in [0.25, 0.3) is 6.08 Å². The van der Waals surface area contributed by atoms with E-state index in [1.54, 1.807) is 36.5 Å². The summed E-state index contributed by atoms with van der Waals surface area (Å²) in [5.41, 5.74) is 2.14. The fourth-order valence-corrected chi connectivity index (χ4v) is 8.79. The number of anilines is 1. The van der Waals surface area contributed by atoms with Gasteiger partial charge in [-0.05, 0) is 73.7 Å². The number of benzene rings is 3. The van der Waals surface area contributed by atoms with Crippen LogP contribution in [-0.2, 0) is 49.5 Å². The van der Waals surface area contributed by atoms with Gasteiger partial charge in [0, 0.05) is 61.7 Å². The Morgan fingerprint density at radius 2 is 1.37 bits per heavy atom. The molecule has 6 rings (SSSR count). The number of halogens is 5. The van der Waals surface area contributed by atoms with Crippen LogP contribution < -0.4 is 24.7 Å². The number of carbonyl (C=O) groups is 6. The lowest BCUT2D eigenvalue weighted by Gasteiger charge is -2.38. The van der Waals surface area contributed by atoms with Crippen LogP contribution in [0.5, 0.6) is 11.5 Å². The molecule has 6 N–H and O–H groups in total. The summed E-state index contributed by atoms with van der Waals surface area (Å²) < 4.78 is 100. The van der Waals surface area contributed by atoms with Crippen molar-refractivity contribution in [1.82, 2.24) is 10.2 Å². The van der Waals surface area contributed by atoms with Crippen molar-refractivity contribution in [2.24, 2.45) is 5.92 Å². The zero-order valence-corrected chi connectivity index (χ0v) is 44.7. The van der Waals surface area contributed by atoms with Crippen molar-refractivity contribution in [3.8, 4) is 11.5 Å². The number of allylic oxidation sites excluding steroid dienone is 1. The molecule has 2 aliphatic heterocycles. The summed E-state index contributed by atoms with van der Waals surface area (Å²) >= 11 is 0. The number of aliphatic carboxylic acids is 1. The second-order valence-corrected chi connectivity index (χ2v) is 19.4. The molecule has 0 saturated carbocycles. The lowest BCUT2D eigenvalue weighted by Crippen LogP contribution is -2.61. The maximum atomic E-state index is 13.7. The van der Waals surface area contributed by atoms with E-state index in [0.29, 0.717) is 23.5 Å². The Labute approximate surface area is 468 Å². The third kappa shape index (κ3) is 19.4. The molecule has 82 heavy (non-hydrogen) atoms. The molecular formula is C57H66F5N4O16+. The second kappa shape index (κ2) is 32.4. The predicted molar refractivity (Wildman–Crippen MR) is 279 cm³/mol. The molecule has 20 nitrogen and oxygen atoms in total. The molecule has 3 heterocycles. The highest BCUT2D eigenvalue weighted by Gasteiger charge is 2.48. The van der Waals surface area contributed by atoms with Crippen molar-refractivity contribution in [2.45, 2.75) is 101 Å². The van der Waals surface area contributed by atoms with E-state index in [0.717, 1.165) is 57.2 Å². The van der Waals surface area contributed by atoms with Gasteiger partial charge in [-0.25, -0.2) is 22.5 Å². The summed E-state index contributed by atoms with van der Waals surface area (Å²) in [6.45, 7) is 1.43. The molecule has 0 spiro atoms. The molecule has 2 saturated heterocycles. The third-order valence-electron chi connectivity index (χ3n) is 13.3. The molecule has 0 radical (unpaired) electrons. The molecule has 3 aromatic carbocycles. The van der Waals surface area contributed by atoms with Gasteiger partial charge >= 0.3 is 11.9 Å². The molecule has 444 valence electrons. The second-order valence-electron chi connectivity index (χ2n) is 19.4. The van der Waals surface area contributed by atoms with Gasteiger partial charge in [-0.2, -0.15) is 8.78 Å². The van der Waals surface area contributed by atoms with Gasteiger partial charge in [-0.1, -0.05) is 37.5 Å². The largest absolute Gasteiger partial charge is 0.479 e. The maximum Gasteiger partial charge on any atom is 0.335 e. The molecule has 4 aromatic rings. The molecule has 5 atom stereocenters. The Kier molecular flexibility index (Phi) is 25.3. The number of rotatable bonds is 31. The number of ketones is 1. The fourth-order valence-electron chi connectivity index (χ4n) is 8.79. The number of amides is 3. The highest BCUT2D eigenvalue weighted by Crippen LogP contribution is 2.32. The fraction of sp³-hybridized carbons (Fsp3) is 0.456. The Morgan fingerprint density at radius 3 is 2.05 bits per heavy atom. The number of likely N-dealkylation sites (tertiary alicyclic amines) is 1. The summed E-state index contributed by atoms with van der Waals surface area (Å²) in [5, 5.41) is 46.1. The normalized spacial score (nSPS) is 18.3. The monoisotopic (exact) mass is 1160 g/mol. The SMILES string of the molecule is O=C(/C=C/c1ccc[n+](Cc2ccc(O[C@@H]3O[C@H](C(=O)O)[C@@H](O)[C@H](O)[C@H]3O)c(NC(=O)CCNC(=O)CCOCCOCCOCCC(=O)Oc3c(F)c(F)c(F)c(F)c3F)c2)c1)CCCCCC1CCN(C(=O)c2ccccc2)CC1. The Morgan fingerprint density at radius 1 is 0.707 bits per heavy atom. The Balaban J connectivity index is 0.901. The molecule has 0 bridgehead atoms. The number of piperidine rings is 1. The maximum absolute atomic E-state index is 13.7. The van der Waals surface area contributed by atoms with Gasteiger partial charge in [-0.3, -0.25) is 24.0 Å². The zero-order valence-electron chi connectivity index (χ0n) is 44.7. The number of pyridine rings is 1. The topological polar surface area (TPSA) is 270 Å². The first-order valence-electron chi connectivity index (χ1n) is 26.7. The summed E-state index contributed by atoms with van der Waals surface area (Å²) in [5.74, 6) is -16.7. The van der Waals surface area contributed by atoms with E-state index in [1.807, 2.05) is 52.1 Å². The van der Waals surface area contributed by atoms with E-state index >= 15 is 0 Å². The van der Waals surface area contributed by atoms with Gasteiger partial charge in [-0.15, -0.1) is 0 Å². The minimum absolute atomic E-state index is 0.00274. The lowest BCUT2D eigenvalue weighted by molar-refractivity contribution is -0.688. The van der Waals surface area contributed by atoms with Crippen molar-refractivity contribution in [1.29, 1.82) is 0 Å². The number of ether oxygens (including phenoxy) is 6. The number of unbranched alkanes of at least 4 members (excludes halogenated alkanes) is 2. The van der Waals surface area contributed by atoms with E-state index in [2.05, 4.69) is 15.4 Å². The molecule has 0 aliphatic carbocycles. The van der Waals surface area contributed by atoms with Crippen molar-refractivity contribution >= 4 is 47.2 Å². The van der Waals surface area contributed by atoms with Crippen molar-refractivity contribution in [2.75, 3.05) is 64.6 Å². The number of hydrogen-bond acceptors (Lipinski definition) is 15. The summed E-state index contributed by atoms with van der Waals surface area (Å²) in [6, 6.07) is 17.6. The average molecular weight is 1160 g/mol. The number of carbonyl (C=O) groups excluding carboxylic acids is 5. The van der Waals surface area contributed by atoms with Crippen LogP contribution in [0, 0.1) is 35.0 Å². The van der Waals surface area contributed by atoms with Gasteiger partial charge in [0.1, 0.15) is 24.1 Å². The number of nitrogens with one attached hydrogen (secondary N) is 2. The van der Waals surface area contributed by atoms with Gasteiger partial charge < -0.3 is 64.4 Å². The first-order chi connectivity index (χ1) is 39.4. The lowest BCUT2D eigenvalue weighted by atomic mass is 9.90. The summed E-state index contributed by atoms with van der Waals surface area (Å²) in [4.78, 5) is 76.9. The molecule has 3 amide bonds. The van der Waals surface area contributed by atoms with Crippen molar-refractivity contribution in [3.63, 3.8) is 0 Å². The van der Waals surface area contributed by atoms with Gasteiger partial charge in [0.05, 0.1) is 51.7 Å². The number of aromatic nitrogens is 1. The van der Waals surface area contributed by atoms with Crippen LogP contribution in [0.2, 0.25) is 0 Å². The highest BCUT2D eigenvalue weighted by atomic mass is 19.2. The molecular weight excluding hydrogens is 1090 g/mol. The molecule has 2 fully saturated rings.